The number of hydrogen-bond donors (Lipinski definition) is 0. The summed E-state index contributed by atoms with van der Waals surface area (Å²) >= 11 is 0. The Morgan fingerprint density at radius 2 is 2.06 bits per heavy atom. The molecule has 0 aliphatic heterocycles. The summed E-state index contributed by atoms with van der Waals surface area (Å²) in [6, 6.07) is 12.3. The minimum Gasteiger partial charge on any atom is -0.380 e. The highest BCUT2D eigenvalue weighted by Crippen LogP contribution is 2.25. The zero-order valence-electron chi connectivity index (χ0n) is 9.45. The van der Waals surface area contributed by atoms with Gasteiger partial charge in [-0.1, -0.05) is 24.3 Å². The van der Waals surface area contributed by atoms with Gasteiger partial charge in [-0.15, -0.1) is 0 Å². The molecule has 0 saturated carbocycles. The predicted octanol–water partition coefficient (Wildman–Crippen LogP) is 3.17. The van der Waals surface area contributed by atoms with Crippen LogP contribution in [0.3, 0.4) is 0 Å². The lowest BCUT2D eigenvalue weighted by atomic mass is 9.96. The minimum atomic E-state index is 0.547. The molecule has 0 radical (unpaired) electrons. The maximum atomic E-state index is 9.22. The molecule has 0 heterocycles. The van der Waals surface area contributed by atoms with E-state index in [0.717, 1.165) is 27.5 Å². The zero-order chi connectivity index (χ0) is 11.5. The van der Waals surface area contributed by atoms with Gasteiger partial charge in [0.15, 0.2) is 0 Å². The van der Waals surface area contributed by atoms with Gasteiger partial charge < -0.3 is 4.74 Å². The van der Waals surface area contributed by atoms with Gasteiger partial charge in [-0.25, -0.2) is 0 Å². The molecule has 2 aromatic rings. The largest absolute Gasteiger partial charge is 0.380 e. The maximum Gasteiger partial charge on any atom is 0.100 e. The van der Waals surface area contributed by atoms with E-state index in [1.165, 1.54) is 0 Å². The Balaban J connectivity index is 2.78. The first-order valence-corrected chi connectivity index (χ1v) is 5.18. The SMILES string of the molecule is COCc1cc2ccccc2c(C#N)c1C. The van der Waals surface area contributed by atoms with Gasteiger partial charge in [0.25, 0.3) is 0 Å². The van der Waals surface area contributed by atoms with Gasteiger partial charge in [-0.2, -0.15) is 5.26 Å². The average molecular weight is 211 g/mol. The second kappa shape index (κ2) is 4.34. The highest BCUT2D eigenvalue weighted by atomic mass is 16.5. The average Bonchev–Trinajstić information content (AvgIpc) is 2.31. The molecule has 0 atom stereocenters. The molecule has 80 valence electrons. The lowest BCUT2D eigenvalue weighted by Crippen LogP contribution is -1.96. The Morgan fingerprint density at radius 1 is 1.31 bits per heavy atom. The first-order valence-electron chi connectivity index (χ1n) is 5.18. The summed E-state index contributed by atoms with van der Waals surface area (Å²) in [6.07, 6.45) is 0. The molecule has 0 aromatic heterocycles. The Morgan fingerprint density at radius 3 is 2.75 bits per heavy atom. The topological polar surface area (TPSA) is 33.0 Å². The molecule has 0 unspecified atom stereocenters. The molecule has 0 fully saturated rings. The number of ether oxygens (including phenoxy) is 1. The molecule has 16 heavy (non-hydrogen) atoms. The lowest BCUT2D eigenvalue weighted by molar-refractivity contribution is 0.184. The van der Waals surface area contributed by atoms with Crippen molar-refractivity contribution in [2.45, 2.75) is 13.5 Å². The van der Waals surface area contributed by atoms with E-state index in [0.29, 0.717) is 6.61 Å². The number of hydrogen-bond acceptors (Lipinski definition) is 2. The first-order chi connectivity index (χ1) is 7.77. The summed E-state index contributed by atoms with van der Waals surface area (Å²) in [7, 11) is 1.67. The van der Waals surface area contributed by atoms with Gasteiger partial charge in [0.05, 0.1) is 12.2 Å². The van der Waals surface area contributed by atoms with Crippen LogP contribution in [0.15, 0.2) is 30.3 Å². The Bertz CT molecular complexity index is 567. The van der Waals surface area contributed by atoms with Crippen molar-refractivity contribution in [2.75, 3.05) is 7.11 Å². The van der Waals surface area contributed by atoms with Crippen molar-refractivity contribution in [1.82, 2.24) is 0 Å². The smallest absolute Gasteiger partial charge is 0.100 e. The molecule has 0 spiro atoms. The molecule has 0 amide bonds. The fourth-order valence-corrected chi connectivity index (χ4v) is 1.96. The Kier molecular flexibility index (Phi) is 2.89. The van der Waals surface area contributed by atoms with Crippen molar-refractivity contribution in [3.63, 3.8) is 0 Å². The van der Waals surface area contributed by atoms with Gasteiger partial charge in [0.2, 0.25) is 0 Å². The first kappa shape index (κ1) is 10.7. The van der Waals surface area contributed by atoms with Crippen LogP contribution in [0, 0.1) is 18.3 Å². The molecular weight excluding hydrogens is 198 g/mol. The van der Waals surface area contributed by atoms with Crippen LogP contribution in [0.1, 0.15) is 16.7 Å². The highest BCUT2D eigenvalue weighted by Gasteiger charge is 2.08. The van der Waals surface area contributed by atoms with Crippen LogP contribution >= 0.6 is 0 Å². The summed E-state index contributed by atoms with van der Waals surface area (Å²) in [5.74, 6) is 0. The van der Waals surface area contributed by atoms with E-state index in [1.54, 1.807) is 7.11 Å². The number of methoxy groups -OCH3 is 1. The fourth-order valence-electron chi connectivity index (χ4n) is 1.96. The third kappa shape index (κ3) is 1.66. The Labute approximate surface area is 95.1 Å². The van der Waals surface area contributed by atoms with E-state index in [-0.39, 0.29) is 0 Å². The summed E-state index contributed by atoms with van der Waals surface area (Å²) in [5.41, 5.74) is 2.85. The van der Waals surface area contributed by atoms with Crippen LogP contribution in [0.4, 0.5) is 0 Å². The van der Waals surface area contributed by atoms with E-state index in [4.69, 9.17) is 4.74 Å². The highest BCUT2D eigenvalue weighted by molar-refractivity contribution is 5.89. The van der Waals surface area contributed by atoms with E-state index in [2.05, 4.69) is 12.1 Å². The van der Waals surface area contributed by atoms with Crippen molar-refractivity contribution in [3.05, 3.63) is 47.0 Å². The summed E-state index contributed by atoms with van der Waals surface area (Å²) in [4.78, 5) is 0. The van der Waals surface area contributed by atoms with Crippen molar-refractivity contribution in [3.8, 4) is 6.07 Å². The lowest BCUT2D eigenvalue weighted by Gasteiger charge is -2.10. The molecule has 0 bridgehead atoms. The third-order valence-electron chi connectivity index (χ3n) is 2.83. The monoisotopic (exact) mass is 211 g/mol. The quantitative estimate of drug-likeness (QED) is 0.764. The molecule has 0 aliphatic rings. The van der Waals surface area contributed by atoms with E-state index >= 15 is 0 Å². The van der Waals surface area contributed by atoms with E-state index in [9.17, 15) is 5.26 Å². The van der Waals surface area contributed by atoms with Gasteiger partial charge in [-0.05, 0) is 34.9 Å². The second-order valence-electron chi connectivity index (χ2n) is 3.80. The van der Waals surface area contributed by atoms with Gasteiger partial charge in [0.1, 0.15) is 6.07 Å². The molecule has 2 rings (SSSR count). The number of benzene rings is 2. The third-order valence-corrected chi connectivity index (χ3v) is 2.83. The van der Waals surface area contributed by atoms with Crippen LogP contribution in [0.5, 0.6) is 0 Å². The molecule has 0 saturated heterocycles. The van der Waals surface area contributed by atoms with Crippen molar-refractivity contribution in [2.24, 2.45) is 0 Å². The fraction of sp³-hybridized carbons (Fsp3) is 0.214. The van der Waals surface area contributed by atoms with Crippen molar-refractivity contribution >= 4 is 10.8 Å². The number of rotatable bonds is 2. The van der Waals surface area contributed by atoms with E-state index in [1.807, 2.05) is 31.2 Å². The van der Waals surface area contributed by atoms with Gasteiger partial charge in [0, 0.05) is 7.11 Å². The van der Waals surface area contributed by atoms with Gasteiger partial charge in [-0.3, -0.25) is 0 Å². The van der Waals surface area contributed by atoms with Crippen LogP contribution < -0.4 is 0 Å². The van der Waals surface area contributed by atoms with E-state index < -0.39 is 0 Å². The van der Waals surface area contributed by atoms with Crippen LogP contribution in [-0.4, -0.2) is 7.11 Å². The van der Waals surface area contributed by atoms with Crippen molar-refractivity contribution < 1.29 is 4.74 Å². The van der Waals surface area contributed by atoms with Crippen LogP contribution in [0.2, 0.25) is 0 Å². The van der Waals surface area contributed by atoms with Gasteiger partial charge >= 0.3 is 0 Å². The molecule has 0 N–H and O–H groups in total. The summed E-state index contributed by atoms with van der Waals surface area (Å²) in [5, 5.41) is 11.3. The summed E-state index contributed by atoms with van der Waals surface area (Å²) < 4.78 is 5.15. The molecule has 2 aromatic carbocycles. The number of fused-ring (bicyclic) bond motifs is 1. The Hall–Kier alpha value is -1.85. The number of nitriles is 1. The van der Waals surface area contributed by atoms with Crippen molar-refractivity contribution in [1.29, 1.82) is 5.26 Å². The van der Waals surface area contributed by atoms with Crippen LogP contribution in [0.25, 0.3) is 10.8 Å². The molecule has 2 heteroatoms. The molecular formula is C14H13NO. The minimum absolute atomic E-state index is 0.547. The predicted molar refractivity (Wildman–Crippen MR) is 64.1 cm³/mol. The second-order valence-corrected chi connectivity index (χ2v) is 3.80. The number of nitrogens with zero attached hydrogens (tertiary/aromatic N) is 1. The normalized spacial score (nSPS) is 10.3. The van der Waals surface area contributed by atoms with Crippen LogP contribution in [-0.2, 0) is 11.3 Å². The standard InChI is InChI=1S/C14H13NO/c1-10-12(9-16-2)7-11-5-3-4-6-13(11)14(10)8-15/h3-7H,9H2,1-2H3. The molecule has 0 aliphatic carbocycles. The maximum absolute atomic E-state index is 9.22. The summed E-state index contributed by atoms with van der Waals surface area (Å²) in [6.45, 7) is 2.52. The zero-order valence-corrected chi connectivity index (χ0v) is 9.45. The molecule has 2 nitrogen and oxygen atoms in total.